The first kappa shape index (κ1) is 21.2. The smallest absolute Gasteiger partial charge is 0.249 e. The number of anilines is 1. The zero-order valence-corrected chi connectivity index (χ0v) is 18.4. The second kappa shape index (κ2) is 8.98. The Morgan fingerprint density at radius 2 is 1.94 bits per heavy atom. The highest BCUT2D eigenvalue weighted by atomic mass is 16.5. The Morgan fingerprint density at radius 3 is 2.69 bits per heavy atom. The standard InChI is InChI=1S/C26H24N2O4/c1-16-8-9-27-25(10-16)28-26(29)11-17(2)20-13-21-22(15-32-24(21)14-23(20)31-4)18-6-5-7-19(12-18)30-3/h5-15H,1-4H3,(H,27,28,29)/b17-11+. The van der Waals surface area contributed by atoms with Gasteiger partial charge in [0.15, 0.2) is 0 Å². The van der Waals surface area contributed by atoms with Crippen molar-refractivity contribution in [1.82, 2.24) is 4.98 Å². The summed E-state index contributed by atoms with van der Waals surface area (Å²) < 4.78 is 16.7. The van der Waals surface area contributed by atoms with E-state index >= 15 is 0 Å². The van der Waals surface area contributed by atoms with Crippen LogP contribution in [0.4, 0.5) is 5.82 Å². The zero-order valence-electron chi connectivity index (χ0n) is 18.4. The summed E-state index contributed by atoms with van der Waals surface area (Å²) in [6.45, 7) is 3.82. The number of ether oxygens (including phenoxy) is 2. The number of furan rings is 1. The van der Waals surface area contributed by atoms with E-state index in [2.05, 4.69) is 10.3 Å². The number of benzene rings is 2. The predicted molar refractivity (Wildman–Crippen MR) is 126 cm³/mol. The van der Waals surface area contributed by atoms with Gasteiger partial charge in [0.2, 0.25) is 5.91 Å². The van der Waals surface area contributed by atoms with Crippen molar-refractivity contribution in [1.29, 1.82) is 0 Å². The predicted octanol–water partition coefficient (Wildman–Crippen LogP) is 5.86. The Morgan fingerprint density at radius 1 is 1.09 bits per heavy atom. The summed E-state index contributed by atoms with van der Waals surface area (Å²) in [5.74, 6) is 1.64. The number of nitrogens with zero attached hydrogens (tertiary/aromatic N) is 1. The highest BCUT2D eigenvalue weighted by Crippen LogP contribution is 2.38. The Labute approximate surface area is 186 Å². The van der Waals surface area contributed by atoms with Crippen LogP contribution in [0.1, 0.15) is 18.1 Å². The zero-order chi connectivity index (χ0) is 22.7. The number of nitrogens with one attached hydrogen (secondary N) is 1. The van der Waals surface area contributed by atoms with Crippen LogP contribution in [0.25, 0.3) is 27.7 Å². The fourth-order valence-electron chi connectivity index (χ4n) is 3.59. The second-order valence-corrected chi connectivity index (χ2v) is 7.47. The van der Waals surface area contributed by atoms with Gasteiger partial charge in [0.1, 0.15) is 22.9 Å². The van der Waals surface area contributed by atoms with E-state index in [1.165, 1.54) is 0 Å². The largest absolute Gasteiger partial charge is 0.497 e. The molecule has 0 unspecified atom stereocenters. The molecular formula is C26H24N2O4. The molecule has 0 aliphatic rings. The maximum atomic E-state index is 12.6. The molecule has 4 aromatic rings. The SMILES string of the molecule is COc1cccc(-c2coc3cc(OC)c(/C(C)=C/C(=O)Nc4cc(C)ccn4)cc23)c1. The van der Waals surface area contributed by atoms with Crippen molar-refractivity contribution in [3.63, 3.8) is 0 Å². The molecule has 1 N–H and O–H groups in total. The number of carbonyl (C=O) groups excluding carboxylic acids is 1. The summed E-state index contributed by atoms with van der Waals surface area (Å²) in [5, 5.41) is 3.72. The summed E-state index contributed by atoms with van der Waals surface area (Å²) in [7, 11) is 3.24. The fraction of sp³-hybridized carbons (Fsp3) is 0.154. The summed E-state index contributed by atoms with van der Waals surface area (Å²) in [5.41, 5.74) is 5.19. The van der Waals surface area contributed by atoms with Gasteiger partial charge in [0.05, 0.1) is 20.5 Å². The quantitative estimate of drug-likeness (QED) is 0.389. The molecule has 0 saturated carbocycles. The number of pyridine rings is 1. The van der Waals surface area contributed by atoms with Crippen molar-refractivity contribution in [3.05, 3.63) is 78.2 Å². The average molecular weight is 428 g/mol. The van der Waals surface area contributed by atoms with E-state index < -0.39 is 0 Å². The Bertz CT molecular complexity index is 1320. The van der Waals surface area contributed by atoms with Gasteiger partial charge in [-0.1, -0.05) is 12.1 Å². The lowest BCUT2D eigenvalue weighted by Crippen LogP contribution is -2.10. The molecule has 2 aromatic heterocycles. The minimum atomic E-state index is -0.261. The molecule has 0 aliphatic carbocycles. The lowest BCUT2D eigenvalue weighted by Gasteiger charge is -2.10. The number of aromatic nitrogens is 1. The van der Waals surface area contributed by atoms with E-state index in [0.29, 0.717) is 17.2 Å². The molecule has 6 heteroatoms. The van der Waals surface area contributed by atoms with Gasteiger partial charge in [-0.15, -0.1) is 0 Å². The molecule has 0 aliphatic heterocycles. The van der Waals surface area contributed by atoms with Crippen molar-refractivity contribution in [3.8, 4) is 22.6 Å². The van der Waals surface area contributed by atoms with Crippen LogP contribution >= 0.6 is 0 Å². The van der Waals surface area contributed by atoms with Crippen molar-refractivity contribution in [2.45, 2.75) is 13.8 Å². The van der Waals surface area contributed by atoms with Crippen LogP contribution in [0, 0.1) is 6.92 Å². The lowest BCUT2D eigenvalue weighted by atomic mass is 9.99. The van der Waals surface area contributed by atoms with Gasteiger partial charge in [-0.25, -0.2) is 4.98 Å². The number of hydrogen-bond donors (Lipinski definition) is 1. The molecule has 1 amide bonds. The summed E-state index contributed by atoms with van der Waals surface area (Å²) in [4.78, 5) is 16.8. The lowest BCUT2D eigenvalue weighted by molar-refractivity contribution is -0.111. The number of allylic oxidation sites excluding steroid dienone is 1. The van der Waals surface area contributed by atoms with E-state index in [0.717, 1.165) is 39.0 Å². The number of amides is 1. The molecule has 162 valence electrons. The number of hydrogen-bond acceptors (Lipinski definition) is 5. The second-order valence-electron chi connectivity index (χ2n) is 7.47. The molecule has 0 saturated heterocycles. The number of fused-ring (bicyclic) bond motifs is 1. The molecule has 4 rings (SSSR count). The average Bonchev–Trinajstić information content (AvgIpc) is 3.21. The minimum absolute atomic E-state index is 0.261. The molecule has 32 heavy (non-hydrogen) atoms. The fourth-order valence-corrected chi connectivity index (χ4v) is 3.59. The monoisotopic (exact) mass is 428 g/mol. The minimum Gasteiger partial charge on any atom is -0.497 e. The van der Waals surface area contributed by atoms with Gasteiger partial charge in [-0.3, -0.25) is 4.79 Å². The van der Waals surface area contributed by atoms with Crippen molar-refractivity contribution in [2.75, 3.05) is 19.5 Å². The van der Waals surface area contributed by atoms with Crippen molar-refractivity contribution in [2.24, 2.45) is 0 Å². The molecule has 2 heterocycles. The van der Waals surface area contributed by atoms with Gasteiger partial charge in [0, 0.05) is 34.9 Å². The number of carbonyl (C=O) groups is 1. The highest BCUT2D eigenvalue weighted by Gasteiger charge is 2.15. The van der Waals surface area contributed by atoms with Crippen molar-refractivity contribution >= 4 is 28.3 Å². The maximum absolute atomic E-state index is 12.6. The van der Waals surface area contributed by atoms with E-state index in [1.54, 1.807) is 32.8 Å². The molecule has 0 atom stereocenters. The van der Waals surface area contributed by atoms with E-state index in [9.17, 15) is 4.79 Å². The summed E-state index contributed by atoms with van der Waals surface area (Å²) in [6, 6.07) is 15.3. The third-order valence-electron chi connectivity index (χ3n) is 5.22. The molecule has 0 spiro atoms. The highest BCUT2D eigenvalue weighted by molar-refractivity contribution is 6.05. The maximum Gasteiger partial charge on any atom is 0.249 e. The first-order valence-electron chi connectivity index (χ1n) is 10.1. The number of aryl methyl sites for hydroxylation is 1. The third kappa shape index (κ3) is 4.34. The molecule has 6 nitrogen and oxygen atoms in total. The first-order valence-corrected chi connectivity index (χ1v) is 10.1. The summed E-state index contributed by atoms with van der Waals surface area (Å²) >= 11 is 0. The van der Waals surface area contributed by atoms with Crippen LogP contribution in [-0.4, -0.2) is 25.1 Å². The topological polar surface area (TPSA) is 73.6 Å². The third-order valence-corrected chi connectivity index (χ3v) is 5.22. The van der Waals surface area contributed by atoms with Gasteiger partial charge >= 0.3 is 0 Å². The molecule has 0 radical (unpaired) electrons. The normalized spacial score (nSPS) is 11.4. The molecule has 0 fully saturated rings. The van der Waals surface area contributed by atoms with E-state index in [-0.39, 0.29) is 5.91 Å². The van der Waals surface area contributed by atoms with Gasteiger partial charge in [-0.2, -0.15) is 0 Å². The van der Waals surface area contributed by atoms with E-state index in [4.69, 9.17) is 13.9 Å². The van der Waals surface area contributed by atoms with Gasteiger partial charge in [0.25, 0.3) is 0 Å². The van der Waals surface area contributed by atoms with Crippen LogP contribution in [0.5, 0.6) is 11.5 Å². The van der Waals surface area contributed by atoms with Gasteiger partial charge in [-0.05, 0) is 60.9 Å². The van der Waals surface area contributed by atoms with Crippen LogP contribution < -0.4 is 14.8 Å². The molecular weight excluding hydrogens is 404 g/mol. The summed E-state index contributed by atoms with van der Waals surface area (Å²) in [6.07, 6.45) is 4.92. The van der Waals surface area contributed by atoms with Gasteiger partial charge < -0.3 is 19.2 Å². The van der Waals surface area contributed by atoms with Crippen LogP contribution in [0.15, 0.2) is 71.5 Å². The van der Waals surface area contributed by atoms with Crippen LogP contribution in [-0.2, 0) is 4.79 Å². The molecule has 2 aromatic carbocycles. The van der Waals surface area contributed by atoms with Crippen molar-refractivity contribution < 1.29 is 18.7 Å². The van der Waals surface area contributed by atoms with Crippen LogP contribution in [0.3, 0.4) is 0 Å². The first-order chi connectivity index (χ1) is 15.5. The van der Waals surface area contributed by atoms with E-state index in [1.807, 2.05) is 62.4 Å². The molecule has 0 bridgehead atoms. The Balaban J connectivity index is 1.72. The number of rotatable bonds is 6. The number of methoxy groups -OCH3 is 2. The Kier molecular flexibility index (Phi) is 5.94. The van der Waals surface area contributed by atoms with Crippen LogP contribution in [0.2, 0.25) is 0 Å². The Hall–Kier alpha value is -4.06.